The molecule has 0 aliphatic rings. The third-order valence-corrected chi connectivity index (χ3v) is 5.50. The SMILES string of the molecule is COc1ccc(-c2csc(=NCc3cnccc3C)n2-c2ccccc2)cc1. The van der Waals surface area contributed by atoms with Gasteiger partial charge in [0.15, 0.2) is 4.80 Å². The lowest BCUT2D eigenvalue weighted by Gasteiger charge is -2.10. The van der Waals surface area contributed by atoms with Crippen molar-refractivity contribution in [3.8, 4) is 22.7 Å². The summed E-state index contributed by atoms with van der Waals surface area (Å²) in [4.78, 5) is 10.1. The molecule has 0 radical (unpaired) electrons. The second kappa shape index (κ2) is 8.23. The highest BCUT2D eigenvalue weighted by Gasteiger charge is 2.10. The predicted octanol–water partition coefficient (Wildman–Crippen LogP) is 5.02. The van der Waals surface area contributed by atoms with Crippen molar-refractivity contribution in [1.82, 2.24) is 9.55 Å². The Balaban J connectivity index is 1.82. The van der Waals surface area contributed by atoms with Gasteiger partial charge in [0.2, 0.25) is 0 Å². The van der Waals surface area contributed by atoms with E-state index in [1.807, 2.05) is 48.8 Å². The highest BCUT2D eigenvalue weighted by molar-refractivity contribution is 7.07. The fraction of sp³-hybridized carbons (Fsp3) is 0.130. The first-order valence-corrected chi connectivity index (χ1v) is 9.94. The van der Waals surface area contributed by atoms with Crippen LogP contribution in [0.3, 0.4) is 0 Å². The van der Waals surface area contributed by atoms with Crippen LogP contribution in [0.4, 0.5) is 0 Å². The van der Waals surface area contributed by atoms with E-state index < -0.39 is 0 Å². The average molecular weight is 388 g/mol. The van der Waals surface area contributed by atoms with E-state index in [4.69, 9.17) is 9.73 Å². The fourth-order valence-corrected chi connectivity index (χ4v) is 3.93. The molecule has 2 aromatic carbocycles. The molecule has 4 nitrogen and oxygen atoms in total. The number of ether oxygens (including phenoxy) is 1. The number of aromatic nitrogens is 2. The van der Waals surface area contributed by atoms with Crippen molar-refractivity contribution in [1.29, 1.82) is 0 Å². The molecule has 4 rings (SSSR count). The highest BCUT2D eigenvalue weighted by atomic mass is 32.1. The summed E-state index contributed by atoms with van der Waals surface area (Å²) in [6.07, 6.45) is 3.71. The Morgan fingerprint density at radius 2 is 1.82 bits per heavy atom. The van der Waals surface area contributed by atoms with Crippen LogP contribution >= 0.6 is 11.3 Å². The van der Waals surface area contributed by atoms with Gasteiger partial charge in [0, 0.05) is 23.5 Å². The first kappa shape index (κ1) is 18.2. The van der Waals surface area contributed by atoms with Crippen molar-refractivity contribution in [3.05, 3.63) is 94.4 Å². The van der Waals surface area contributed by atoms with Gasteiger partial charge in [-0.25, -0.2) is 0 Å². The topological polar surface area (TPSA) is 39.4 Å². The summed E-state index contributed by atoms with van der Waals surface area (Å²) in [5.41, 5.74) is 5.68. The lowest BCUT2D eigenvalue weighted by atomic mass is 10.1. The molecule has 2 aromatic heterocycles. The average Bonchev–Trinajstić information content (AvgIpc) is 3.18. The lowest BCUT2D eigenvalue weighted by molar-refractivity contribution is 0.415. The Hall–Kier alpha value is -3.18. The van der Waals surface area contributed by atoms with E-state index in [2.05, 4.69) is 46.1 Å². The number of benzene rings is 2. The van der Waals surface area contributed by atoms with Crippen LogP contribution in [0, 0.1) is 6.92 Å². The summed E-state index contributed by atoms with van der Waals surface area (Å²) in [5.74, 6) is 0.849. The van der Waals surface area contributed by atoms with Gasteiger partial charge in [-0.2, -0.15) is 0 Å². The smallest absolute Gasteiger partial charge is 0.190 e. The molecule has 0 N–H and O–H groups in total. The maximum Gasteiger partial charge on any atom is 0.190 e. The summed E-state index contributed by atoms with van der Waals surface area (Å²) >= 11 is 1.65. The quantitative estimate of drug-likeness (QED) is 0.482. The van der Waals surface area contributed by atoms with Gasteiger partial charge in [-0.3, -0.25) is 14.5 Å². The monoisotopic (exact) mass is 387 g/mol. The maximum absolute atomic E-state index is 5.30. The summed E-state index contributed by atoms with van der Waals surface area (Å²) in [7, 11) is 1.68. The summed E-state index contributed by atoms with van der Waals surface area (Å²) < 4.78 is 7.50. The van der Waals surface area contributed by atoms with E-state index in [1.165, 1.54) is 5.56 Å². The van der Waals surface area contributed by atoms with Crippen LogP contribution in [0.5, 0.6) is 5.75 Å². The molecular weight excluding hydrogens is 366 g/mol. The zero-order chi connectivity index (χ0) is 19.3. The van der Waals surface area contributed by atoms with E-state index in [0.717, 1.165) is 33.1 Å². The summed E-state index contributed by atoms with van der Waals surface area (Å²) in [6.45, 7) is 2.70. The van der Waals surface area contributed by atoms with Crippen LogP contribution in [0.15, 0.2) is 83.4 Å². The van der Waals surface area contributed by atoms with E-state index in [9.17, 15) is 0 Å². The third-order valence-electron chi connectivity index (χ3n) is 4.64. The molecule has 0 unspecified atom stereocenters. The van der Waals surface area contributed by atoms with Crippen molar-refractivity contribution in [2.75, 3.05) is 7.11 Å². The molecule has 4 aromatic rings. The molecule has 0 saturated carbocycles. The summed E-state index contributed by atoms with van der Waals surface area (Å²) in [6, 6.07) is 20.5. The minimum absolute atomic E-state index is 0.606. The van der Waals surface area contributed by atoms with Crippen LogP contribution in [-0.2, 0) is 6.54 Å². The van der Waals surface area contributed by atoms with Gasteiger partial charge in [-0.15, -0.1) is 11.3 Å². The third kappa shape index (κ3) is 3.75. The van der Waals surface area contributed by atoms with Gasteiger partial charge in [0.1, 0.15) is 5.75 Å². The molecular formula is C23H21N3OS. The molecule has 0 saturated heterocycles. The molecule has 2 heterocycles. The van der Waals surface area contributed by atoms with E-state index in [0.29, 0.717) is 6.54 Å². The van der Waals surface area contributed by atoms with E-state index >= 15 is 0 Å². The van der Waals surface area contributed by atoms with E-state index in [-0.39, 0.29) is 0 Å². The van der Waals surface area contributed by atoms with Crippen molar-refractivity contribution in [2.45, 2.75) is 13.5 Å². The Morgan fingerprint density at radius 3 is 2.54 bits per heavy atom. The number of aryl methyl sites for hydroxylation is 1. The molecule has 0 bridgehead atoms. The Labute approximate surface area is 168 Å². The number of methoxy groups -OCH3 is 1. The van der Waals surface area contributed by atoms with Crippen LogP contribution in [-0.4, -0.2) is 16.7 Å². The van der Waals surface area contributed by atoms with E-state index in [1.54, 1.807) is 18.4 Å². The second-order valence-corrected chi connectivity index (χ2v) is 7.26. The van der Waals surface area contributed by atoms with Crippen molar-refractivity contribution in [2.24, 2.45) is 4.99 Å². The van der Waals surface area contributed by atoms with Crippen LogP contribution in [0.25, 0.3) is 16.9 Å². The molecule has 0 aliphatic heterocycles. The number of rotatable bonds is 5. The molecule has 28 heavy (non-hydrogen) atoms. The van der Waals surface area contributed by atoms with Crippen LogP contribution in [0.1, 0.15) is 11.1 Å². The van der Waals surface area contributed by atoms with Crippen molar-refractivity contribution in [3.63, 3.8) is 0 Å². The van der Waals surface area contributed by atoms with Gasteiger partial charge in [0.05, 0.1) is 19.3 Å². The van der Waals surface area contributed by atoms with Crippen LogP contribution < -0.4 is 9.54 Å². The number of hydrogen-bond donors (Lipinski definition) is 0. The molecule has 0 aliphatic carbocycles. The van der Waals surface area contributed by atoms with Gasteiger partial charge in [-0.05, 0) is 66.1 Å². The zero-order valence-electron chi connectivity index (χ0n) is 15.9. The number of pyridine rings is 1. The molecule has 5 heteroatoms. The molecule has 0 spiro atoms. The molecule has 140 valence electrons. The highest BCUT2D eigenvalue weighted by Crippen LogP contribution is 2.25. The van der Waals surface area contributed by atoms with Crippen molar-refractivity contribution < 1.29 is 4.74 Å². The fourth-order valence-electron chi connectivity index (χ4n) is 3.03. The normalized spacial score (nSPS) is 11.6. The standard InChI is InChI=1S/C23H21N3OS/c1-17-12-13-24-14-19(17)15-25-23-26(20-6-4-3-5-7-20)22(16-28-23)18-8-10-21(27-2)11-9-18/h3-14,16H,15H2,1-2H3. The number of hydrogen-bond acceptors (Lipinski definition) is 4. The Kier molecular flexibility index (Phi) is 5.35. The minimum atomic E-state index is 0.606. The predicted molar refractivity (Wildman–Crippen MR) is 114 cm³/mol. The first-order chi connectivity index (χ1) is 13.8. The van der Waals surface area contributed by atoms with Gasteiger partial charge in [-0.1, -0.05) is 18.2 Å². The molecule has 0 amide bonds. The lowest BCUT2D eigenvalue weighted by Crippen LogP contribution is -2.14. The molecule has 0 atom stereocenters. The first-order valence-electron chi connectivity index (χ1n) is 9.06. The van der Waals surface area contributed by atoms with Gasteiger partial charge < -0.3 is 4.74 Å². The van der Waals surface area contributed by atoms with Gasteiger partial charge >= 0.3 is 0 Å². The second-order valence-electron chi connectivity index (χ2n) is 6.42. The van der Waals surface area contributed by atoms with Gasteiger partial charge in [0.25, 0.3) is 0 Å². The number of thiazole rings is 1. The number of nitrogens with zero attached hydrogens (tertiary/aromatic N) is 3. The zero-order valence-corrected chi connectivity index (χ0v) is 16.7. The maximum atomic E-state index is 5.30. The number of para-hydroxylation sites is 1. The Morgan fingerprint density at radius 1 is 1.04 bits per heavy atom. The largest absolute Gasteiger partial charge is 0.497 e. The van der Waals surface area contributed by atoms with Crippen molar-refractivity contribution >= 4 is 11.3 Å². The Bertz CT molecular complexity index is 1130. The van der Waals surface area contributed by atoms with Crippen LogP contribution in [0.2, 0.25) is 0 Å². The molecule has 0 fully saturated rings. The minimum Gasteiger partial charge on any atom is -0.497 e. The summed E-state index contributed by atoms with van der Waals surface area (Å²) in [5, 5.41) is 2.16.